The van der Waals surface area contributed by atoms with Crippen LogP contribution in [0.1, 0.15) is 43.0 Å². The standard InChI is InChI=1S/C29H36N2O6/c1-4-36-23-12-11-22(19-24(23)37-5-2)26-25(27(32)21-9-7-20(3)8-10-21)28(33)29(34)31(26)14-6-13-30-15-17-35-18-16-30/h7-12,19,26,32H,4-6,13-18H2,1-3H3/b27-25+/t26-/m0/s1. The summed E-state index contributed by atoms with van der Waals surface area (Å²) in [5.41, 5.74) is 2.31. The highest BCUT2D eigenvalue weighted by Gasteiger charge is 2.46. The van der Waals surface area contributed by atoms with Crippen molar-refractivity contribution in [3.63, 3.8) is 0 Å². The fraction of sp³-hybridized carbons (Fsp3) is 0.448. The highest BCUT2D eigenvalue weighted by atomic mass is 16.5. The van der Waals surface area contributed by atoms with Crippen LogP contribution in [0.15, 0.2) is 48.0 Å². The Morgan fingerprint density at radius 3 is 2.32 bits per heavy atom. The van der Waals surface area contributed by atoms with Crippen LogP contribution in [0.2, 0.25) is 0 Å². The van der Waals surface area contributed by atoms with Gasteiger partial charge in [-0.25, -0.2) is 0 Å². The number of aryl methyl sites for hydroxylation is 1. The van der Waals surface area contributed by atoms with Crippen LogP contribution < -0.4 is 9.47 Å². The predicted octanol–water partition coefficient (Wildman–Crippen LogP) is 3.94. The Morgan fingerprint density at radius 1 is 0.973 bits per heavy atom. The van der Waals surface area contributed by atoms with E-state index in [9.17, 15) is 14.7 Å². The fourth-order valence-corrected chi connectivity index (χ4v) is 4.85. The van der Waals surface area contributed by atoms with Gasteiger partial charge in [0, 0.05) is 31.7 Å². The first kappa shape index (κ1) is 26.7. The van der Waals surface area contributed by atoms with Crippen LogP contribution in [-0.2, 0) is 14.3 Å². The lowest BCUT2D eigenvalue weighted by atomic mass is 9.94. The maximum absolute atomic E-state index is 13.3. The van der Waals surface area contributed by atoms with Crippen molar-refractivity contribution < 1.29 is 28.9 Å². The number of rotatable bonds is 10. The van der Waals surface area contributed by atoms with Crippen LogP contribution in [0, 0.1) is 6.92 Å². The van der Waals surface area contributed by atoms with E-state index < -0.39 is 17.7 Å². The number of ether oxygens (including phenoxy) is 3. The summed E-state index contributed by atoms with van der Waals surface area (Å²) in [4.78, 5) is 30.5. The summed E-state index contributed by atoms with van der Waals surface area (Å²) in [6, 6.07) is 12.0. The molecule has 8 nitrogen and oxygen atoms in total. The van der Waals surface area contributed by atoms with Crippen LogP contribution in [0.25, 0.3) is 5.76 Å². The molecule has 1 amide bonds. The molecule has 0 unspecified atom stereocenters. The molecule has 198 valence electrons. The van der Waals surface area contributed by atoms with Gasteiger partial charge in [0.25, 0.3) is 11.7 Å². The number of carbonyl (C=O) groups excluding carboxylic acids is 2. The third-order valence-corrected chi connectivity index (χ3v) is 6.73. The topological polar surface area (TPSA) is 88.5 Å². The molecule has 2 heterocycles. The normalized spacial score (nSPS) is 19.9. The maximum Gasteiger partial charge on any atom is 0.295 e. The van der Waals surface area contributed by atoms with Gasteiger partial charge in [-0.15, -0.1) is 0 Å². The van der Waals surface area contributed by atoms with Gasteiger partial charge in [-0.3, -0.25) is 14.5 Å². The molecule has 37 heavy (non-hydrogen) atoms. The van der Waals surface area contributed by atoms with Crippen LogP contribution in [-0.4, -0.2) is 79.2 Å². The summed E-state index contributed by atoms with van der Waals surface area (Å²) in [5.74, 6) is -0.327. The van der Waals surface area contributed by atoms with Crippen molar-refractivity contribution in [2.75, 3.05) is 52.6 Å². The number of hydrogen-bond acceptors (Lipinski definition) is 7. The van der Waals surface area contributed by atoms with E-state index in [-0.39, 0.29) is 11.3 Å². The second-order valence-electron chi connectivity index (χ2n) is 9.24. The van der Waals surface area contributed by atoms with E-state index in [1.807, 2.05) is 45.0 Å². The summed E-state index contributed by atoms with van der Waals surface area (Å²) >= 11 is 0. The number of Topliss-reactive ketones (excluding diaryl/α,β-unsaturated/α-hetero) is 1. The molecule has 0 aliphatic carbocycles. The van der Waals surface area contributed by atoms with Gasteiger partial charge in [0.05, 0.1) is 38.0 Å². The molecule has 1 atom stereocenters. The molecular formula is C29H36N2O6. The quantitative estimate of drug-likeness (QED) is 0.295. The molecule has 4 rings (SSSR count). The van der Waals surface area contributed by atoms with E-state index in [0.29, 0.717) is 62.0 Å². The number of morpholine rings is 1. The highest BCUT2D eigenvalue weighted by Crippen LogP contribution is 2.42. The van der Waals surface area contributed by atoms with Crippen molar-refractivity contribution in [3.05, 3.63) is 64.7 Å². The van der Waals surface area contributed by atoms with Crippen molar-refractivity contribution >= 4 is 17.4 Å². The van der Waals surface area contributed by atoms with E-state index in [1.165, 1.54) is 0 Å². The van der Waals surface area contributed by atoms with Crippen molar-refractivity contribution in [1.82, 2.24) is 9.80 Å². The smallest absolute Gasteiger partial charge is 0.295 e. The van der Waals surface area contributed by atoms with E-state index in [4.69, 9.17) is 14.2 Å². The van der Waals surface area contributed by atoms with Crippen LogP contribution in [0.4, 0.5) is 0 Å². The first-order valence-electron chi connectivity index (χ1n) is 13.0. The third kappa shape index (κ3) is 5.97. The number of ketones is 1. The summed E-state index contributed by atoms with van der Waals surface area (Å²) in [6.07, 6.45) is 0.698. The molecule has 2 aromatic rings. The molecule has 0 radical (unpaired) electrons. The van der Waals surface area contributed by atoms with E-state index in [1.54, 1.807) is 23.1 Å². The Bertz CT molecular complexity index is 1140. The molecule has 2 saturated heterocycles. The zero-order chi connectivity index (χ0) is 26.4. The number of carbonyl (C=O) groups is 2. The minimum atomic E-state index is -0.735. The minimum Gasteiger partial charge on any atom is -0.507 e. The van der Waals surface area contributed by atoms with Gasteiger partial charge < -0.3 is 24.2 Å². The molecule has 0 spiro atoms. The molecule has 1 N–H and O–H groups in total. The Morgan fingerprint density at radius 2 is 1.65 bits per heavy atom. The molecule has 2 aromatic carbocycles. The lowest BCUT2D eigenvalue weighted by Crippen LogP contribution is -2.39. The molecular weight excluding hydrogens is 472 g/mol. The Hall–Kier alpha value is -3.36. The number of amides is 1. The summed E-state index contributed by atoms with van der Waals surface area (Å²) in [7, 11) is 0. The van der Waals surface area contributed by atoms with Gasteiger partial charge in [0.2, 0.25) is 0 Å². The molecule has 8 heteroatoms. The Balaban J connectivity index is 1.72. The highest BCUT2D eigenvalue weighted by molar-refractivity contribution is 6.46. The predicted molar refractivity (Wildman–Crippen MR) is 141 cm³/mol. The van der Waals surface area contributed by atoms with Gasteiger partial charge in [-0.2, -0.15) is 0 Å². The van der Waals surface area contributed by atoms with E-state index in [2.05, 4.69) is 4.90 Å². The van der Waals surface area contributed by atoms with Gasteiger partial charge >= 0.3 is 0 Å². The number of benzene rings is 2. The zero-order valence-corrected chi connectivity index (χ0v) is 21.9. The summed E-state index contributed by atoms with van der Waals surface area (Å²) < 4.78 is 17.0. The number of nitrogens with zero attached hydrogens (tertiary/aromatic N) is 2. The van der Waals surface area contributed by atoms with Gasteiger partial charge in [-0.1, -0.05) is 35.9 Å². The molecule has 0 bridgehead atoms. The Labute approximate surface area is 218 Å². The van der Waals surface area contributed by atoms with Gasteiger partial charge in [0.15, 0.2) is 11.5 Å². The lowest BCUT2D eigenvalue weighted by Gasteiger charge is -2.29. The minimum absolute atomic E-state index is 0.0897. The number of aliphatic hydroxyl groups is 1. The van der Waals surface area contributed by atoms with Crippen molar-refractivity contribution in [3.8, 4) is 11.5 Å². The fourth-order valence-electron chi connectivity index (χ4n) is 4.85. The SMILES string of the molecule is CCOc1ccc([C@H]2/C(=C(\O)c3ccc(C)cc3)C(=O)C(=O)N2CCCN2CCOCC2)cc1OCC. The number of likely N-dealkylation sites (tertiary alicyclic amines) is 1. The maximum atomic E-state index is 13.3. The number of hydrogen-bond donors (Lipinski definition) is 1. The van der Waals surface area contributed by atoms with E-state index >= 15 is 0 Å². The van der Waals surface area contributed by atoms with Crippen molar-refractivity contribution in [2.45, 2.75) is 33.2 Å². The molecule has 2 fully saturated rings. The summed E-state index contributed by atoms with van der Waals surface area (Å²) in [6.45, 7) is 10.9. The van der Waals surface area contributed by atoms with E-state index in [0.717, 1.165) is 25.2 Å². The first-order chi connectivity index (χ1) is 17.9. The number of aliphatic hydroxyl groups excluding tert-OH is 1. The molecule has 0 aromatic heterocycles. The zero-order valence-electron chi connectivity index (χ0n) is 21.9. The average molecular weight is 509 g/mol. The monoisotopic (exact) mass is 508 g/mol. The van der Waals surface area contributed by atoms with Crippen molar-refractivity contribution in [1.29, 1.82) is 0 Å². The van der Waals surface area contributed by atoms with Crippen LogP contribution >= 0.6 is 0 Å². The third-order valence-electron chi connectivity index (χ3n) is 6.73. The average Bonchev–Trinajstić information content (AvgIpc) is 3.16. The lowest BCUT2D eigenvalue weighted by molar-refractivity contribution is -0.140. The van der Waals surface area contributed by atoms with Gasteiger partial charge in [0.1, 0.15) is 5.76 Å². The van der Waals surface area contributed by atoms with Crippen LogP contribution in [0.5, 0.6) is 11.5 Å². The largest absolute Gasteiger partial charge is 0.507 e. The summed E-state index contributed by atoms with van der Waals surface area (Å²) in [5, 5.41) is 11.3. The molecule has 2 aliphatic rings. The van der Waals surface area contributed by atoms with Crippen LogP contribution in [0.3, 0.4) is 0 Å². The molecule has 0 saturated carbocycles. The second-order valence-corrected chi connectivity index (χ2v) is 9.24. The molecule has 2 aliphatic heterocycles. The Kier molecular flexibility index (Phi) is 8.84. The first-order valence-corrected chi connectivity index (χ1v) is 13.0. The van der Waals surface area contributed by atoms with Gasteiger partial charge in [-0.05, 0) is 44.9 Å². The second kappa shape index (κ2) is 12.3. The van der Waals surface area contributed by atoms with Crippen molar-refractivity contribution in [2.24, 2.45) is 0 Å².